The van der Waals surface area contributed by atoms with Crippen LogP contribution in [0.15, 0.2) is 22.7 Å². The van der Waals surface area contributed by atoms with Gasteiger partial charge in [0.1, 0.15) is 6.04 Å². The standard InChI is InChI=1S/C15H21BrN2O.ClH/c1-5-18(6-2)13-11-9-10(16)7-8-12(11)15(3,4)17-14(13)19;/h7-9,13H,5-6H2,1-4H3,(H,17,19);1H. The third-order valence-corrected chi connectivity index (χ3v) is 4.34. The number of likely N-dealkylation sites (N-methyl/N-ethyl adjacent to an activating group) is 1. The predicted octanol–water partition coefficient (Wildman–Crippen LogP) is 3.62. The monoisotopic (exact) mass is 360 g/mol. The molecule has 0 saturated carbocycles. The first-order valence-corrected chi connectivity index (χ1v) is 7.56. The van der Waals surface area contributed by atoms with Gasteiger partial charge < -0.3 is 5.32 Å². The molecule has 112 valence electrons. The molecule has 0 aliphatic carbocycles. The Balaban J connectivity index is 0.00000200. The molecule has 0 aromatic heterocycles. The van der Waals surface area contributed by atoms with Crippen LogP contribution in [0.5, 0.6) is 0 Å². The number of nitrogens with zero attached hydrogens (tertiary/aromatic N) is 1. The molecule has 1 aliphatic rings. The Bertz CT molecular complexity index is 501. The lowest BCUT2D eigenvalue weighted by atomic mass is 9.82. The van der Waals surface area contributed by atoms with Crippen LogP contribution in [0.25, 0.3) is 0 Å². The average Bonchev–Trinajstić information content (AvgIpc) is 2.33. The molecule has 1 amide bonds. The second-order valence-electron chi connectivity index (χ2n) is 5.47. The van der Waals surface area contributed by atoms with E-state index in [0.29, 0.717) is 0 Å². The van der Waals surface area contributed by atoms with Gasteiger partial charge in [-0.3, -0.25) is 9.69 Å². The molecular weight excluding hydrogens is 340 g/mol. The van der Waals surface area contributed by atoms with Crippen molar-refractivity contribution in [3.8, 4) is 0 Å². The van der Waals surface area contributed by atoms with Crippen LogP contribution in [0.2, 0.25) is 0 Å². The number of fused-ring (bicyclic) bond motifs is 1. The second kappa shape index (κ2) is 6.46. The summed E-state index contributed by atoms with van der Waals surface area (Å²) in [6.45, 7) is 10.0. The van der Waals surface area contributed by atoms with E-state index in [4.69, 9.17) is 0 Å². The van der Waals surface area contributed by atoms with Crippen molar-refractivity contribution in [1.82, 2.24) is 10.2 Å². The number of halogens is 2. The SMILES string of the molecule is CCN(CC)C1C(=O)NC(C)(C)c2ccc(Br)cc21.Cl. The van der Waals surface area contributed by atoms with E-state index in [9.17, 15) is 4.79 Å². The lowest BCUT2D eigenvalue weighted by molar-refractivity contribution is -0.129. The van der Waals surface area contributed by atoms with Crippen molar-refractivity contribution in [2.24, 2.45) is 0 Å². The zero-order chi connectivity index (χ0) is 14.2. The molecule has 0 radical (unpaired) electrons. The first kappa shape index (κ1) is 17.5. The number of hydrogen-bond acceptors (Lipinski definition) is 2. The van der Waals surface area contributed by atoms with E-state index in [1.54, 1.807) is 0 Å². The van der Waals surface area contributed by atoms with Gasteiger partial charge in [-0.2, -0.15) is 0 Å². The fourth-order valence-corrected chi connectivity index (χ4v) is 3.24. The summed E-state index contributed by atoms with van der Waals surface area (Å²) in [5, 5.41) is 3.13. The van der Waals surface area contributed by atoms with E-state index < -0.39 is 0 Å². The van der Waals surface area contributed by atoms with Crippen molar-refractivity contribution in [2.75, 3.05) is 13.1 Å². The Morgan fingerprint density at radius 2 is 1.90 bits per heavy atom. The van der Waals surface area contributed by atoms with Gasteiger partial charge in [0, 0.05) is 4.47 Å². The lowest BCUT2D eigenvalue weighted by Crippen LogP contribution is -2.52. The number of rotatable bonds is 3. The fourth-order valence-electron chi connectivity index (χ4n) is 2.87. The van der Waals surface area contributed by atoms with Crippen LogP contribution in [0.4, 0.5) is 0 Å². The fraction of sp³-hybridized carbons (Fsp3) is 0.533. The van der Waals surface area contributed by atoms with Crippen LogP contribution in [0.3, 0.4) is 0 Å². The van der Waals surface area contributed by atoms with Crippen molar-refractivity contribution >= 4 is 34.2 Å². The molecule has 2 rings (SSSR count). The Kier molecular flexibility index (Phi) is 5.64. The van der Waals surface area contributed by atoms with Crippen molar-refractivity contribution in [3.05, 3.63) is 33.8 Å². The van der Waals surface area contributed by atoms with Crippen LogP contribution in [0, 0.1) is 0 Å². The average molecular weight is 362 g/mol. The summed E-state index contributed by atoms with van der Waals surface area (Å²) >= 11 is 3.52. The van der Waals surface area contributed by atoms with Gasteiger partial charge in [0.2, 0.25) is 5.91 Å². The number of carbonyl (C=O) groups excluding carboxylic acids is 1. The second-order valence-corrected chi connectivity index (χ2v) is 6.39. The molecule has 1 aromatic carbocycles. The van der Waals surface area contributed by atoms with Gasteiger partial charge >= 0.3 is 0 Å². The molecule has 1 atom stereocenters. The van der Waals surface area contributed by atoms with Crippen molar-refractivity contribution < 1.29 is 4.79 Å². The molecule has 0 spiro atoms. The van der Waals surface area contributed by atoms with Gasteiger partial charge in [-0.1, -0.05) is 35.8 Å². The molecule has 1 aromatic rings. The first-order valence-electron chi connectivity index (χ1n) is 6.76. The topological polar surface area (TPSA) is 32.3 Å². The Morgan fingerprint density at radius 3 is 2.45 bits per heavy atom. The summed E-state index contributed by atoms with van der Waals surface area (Å²) in [7, 11) is 0. The minimum absolute atomic E-state index is 0. The highest BCUT2D eigenvalue weighted by Gasteiger charge is 2.39. The zero-order valence-corrected chi connectivity index (χ0v) is 14.8. The number of hydrogen-bond donors (Lipinski definition) is 1. The zero-order valence-electron chi connectivity index (χ0n) is 12.4. The van der Waals surface area contributed by atoms with Crippen molar-refractivity contribution in [1.29, 1.82) is 0 Å². The van der Waals surface area contributed by atoms with Crippen LogP contribution in [-0.2, 0) is 10.3 Å². The van der Waals surface area contributed by atoms with E-state index in [1.807, 2.05) is 6.07 Å². The summed E-state index contributed by atoms with van der Waals surface area (Å²) in [4.78, 5) is 14.7. The summed E-state index contributed by atoms with van der Waals surface area (Å²) in [5.74, 6) is 0.0966. The molecule has 1 heterocycles. The molecule has 1 unspecified atom stereocenters. The molecule has 3 nitrogen and oxygen atoms in total. The normalized spacial score (nSPS) is 20.1. The van der Waals surface area contributed by atoms with Gasteiger partial charge in [0.05, 0.1) is 5.54 Å². The highest BCUT2D eigenvalue weighted by Crippen LogP contribution is 2.37. The van der Waals surface area contributed by atoms with Gasteiger partial charge in [-0.25, -0.2) is 0 Å². The lowest BCUT2D eigenvalue weighted by Gasteiger charge is -2.41. The number of nitrogens with one attached hydrogen (secondary N) is 1. The van der Waals surface area contributed by atoms with Crippen molar-refractivity contribution in [2.45, 2.75) is 39.3 Å². The summed E-state index contributed by atoms with van der Waals surface area (Å²) in [6, 6.07) is 6.04. The predicted molar refractivity (Wildman–Crippen MR) is 88.2 cm³/mol. The van der Waals surface area contributed by atoms with E-state index in [-0.39, 0.29) is 29.9 Å². The Labute approximate surface area is 135 Å². The van der Waals surface area contributed by atoms with E-state index >= 15 is 0 Å². The minimum atomic E-state index is -0.309. The Hall–Kier alpha value is -0.580. The van der Waals surface area contributed by atoms with Crippen LogP contribution < -0.4 is 5.32 Å². The molecular formula is C15H22BrClN2O. The molecule has 20 heavy (non-hydrogen) atoms. The number of carbonyl (C=O) groups is 1. The van der Waals surface area contributed by atoms with Crippen LogP contribution in [-0.4, -0.2) is 23.9 Å². The summed E-state index contributed by atoms with van der Waals surface area (Å²) in [6.07, 6.45) is 0. The first-order chi connectivity index (χ1) is 8.90. The highest BCUT2D eigenvalue weighted by molar-refractivity contribution is 9.10. The molecule has 5 heteroatoms. The molecule has 0 bridgehead atoms. The summed E-state index contributed by atoms with van der Waals surface area (Å²) in [5.41, 5.74) is 2.01. The molecule has 1 aliphatic heterocycles. The number of amides is 1. The highest BCUT2D eigenvalue weighted by atomic mass is 79.9. The minimum Gasteiger partial charge on any atom is -0.345 e. The maximum Gasteiger partial charge on any atom is 0.242 e. The molecule has 1 N–H and O–H groups in total. The quantitative estimate of drug-likeness (QED) is 0.892. The van der Waals surface area contributed by atoms with Crippen molar-refractivity contribution in [3.63, 3.8) is 0 Å². The third-order valence-electron chi connectivity index (χ3n) is 3.84. The molecule has 0 saturated heterocycles. The van der Waals surface area contributed by atoms with Gasteiger partial charge in [-0.05, 0) is 50.2 Å². The van der Waals surface area contributed by atoms with E-state index in [0.717, 1.165) is 23.1 Å². The maximum absolute atomic E-state index is 12.5. The van der Waals surface area contributed by atoms with E-state index in [1.165, 1.54) is 5.56 Å². The number of benzene rings is 1. The van der Waals surface area contributed by atoms with E-state index in [2.05, 4.69) is 66.0 Å². The van der Waals surface area contributed by atoms with Crippen LogP contribution >= 0.6 is 28.3 Å². The van der Waals surface area contributed by atoms with Crippen LogP contribution in [0.1, 0.15) is 44.9 Å². The molecule has 0 fully saturated rings. The largest absolute Gasteiger partial charge is 0.345 e. The smallest absolute Gasteiger partial charge is 0.242 e. The third kappa shape index (κ3) is 3.02. The van der Waals surface area contributed by atoms with Gasteiger partial charge in [0.25, 0.3) is 0 Å². The van der Waals surface area contributed by atoms with Gasteiger partial charge in [-0.15, -0.1) is 12.4 Å². The van der Waals surface area contributed by atoms with Gasteiger partial charge in [0.15, 0.2) is 0 Å². The maximum atomic E-state index is 12.5. The summed E-state index contributed by atoms with van der Waals surface area (Å²) < 4.78 is 1.02. The Morgan fingerprint density at radius 1 is 1.30 bits per heavy atom.